The molecule has 1 aromatic rings. The van der Waals surface area contributed by atoms with Crippen molar-refractivity contribution in [1.29, 1.82) is 0 Å². The predicted molar refractivity (Wildman–Crippen MR) is 104 cm³/mol. The summed E-state index contributed by atoms with van der Waals surface area (Å²) >= 11 is 0. The van der Waals surface area contributed by atoms with Crippen molar-refractivity contribution in [3.05, 3.63) is 18.2 Å². The van der Waals surface area contributed by atoms with E-state index in [2.05, 4.69) is 17.6 Å². The number of carbonyl (C=O) groups is 2. The Hall–Kier alpha value is -2.24. The molecule has 0 radical (unpaired) electrons. The third-order valence-corrected chi connectivity index (χ3v) is 5.36. The number of nitrogens with one attached hydrogen (secondary N) is 2. The molecule has 27 heavy (non-hydrogen) atoms. The van der Waals surface area contributed by atoms with Gasteiger partial charge in [0.2, 0.25) is 11.8 Å². The van der Waals surface area contributed by atoms with Crippen LogP contribution < -0.4 is 20.1 Å². The molecule has 1 saturated carbocycles. The summed E-state index contributed by atoms with van der Waals surface area (Å²) in [6, 6.07) is 5.46. The number of benzene rings is 1. The number of anilines is 1. The molecule has 2 aliphatic rings. The van der Waals surface area contributed by atoms with Crippen molar-refractivity contribution in [2.45, 2.75) is 51.9 Å². The van der Waals surface area contributed by atoms with Crippen molar-refractivity contribution in [2.75, 3.05) is 25.1 Å². The average molecular weight is 374 g/mol. The second-order valence-electron chi connectivity index (χ2n) is 7.39. The highest BCUT2D eigenvalue weighted by molar-refractivity contribution is 5.93. The summed E-state index contributed by atoms with van der Waals surface area (Å²) < 4.78 is 11.1. The van der Waals surface area contributed by atoms with Gasteiger partial charge < -0.3 is 20.1 Å². The van der Waals surface area contributed by atoms with E-state index >= 15 is 0 Å². The number of fused-ring (bicyclic) bond motifs is 1. The van der Waals surface area contributed by atoms with E-state index in [1.807, 2.05) is 18.2 Å². The van der Waals surface area contributed by atoms with Gasteiger partial charge in [0, 0.05) is 30.1 Å². The fraction of sp³-hybridized carbons (Fsp3) is 0.619. The zero-order valence-electron chi connectivity index (χ0n) is 16.1. The van der Waals surface area contributed by atoms with Crippen molar-refractivity contribution in [3.8, 4) is 11.5 Å². The third-order valence-electron chi connectivity index (χ3n) is 5.36. The molecule has 0 spiro atoms. The first-order valence-electron chi connectivity index (χ1n) is 10.2. The molecule has 2 N–H and O–H groups in total. The van der Waals surface area contributed by atoms with Crippen LogP contribution in [0.4, 0.5) is 5.69 Å². The van der Waals surface area contributed by atoms with Crippen molar-refractivity contribution < 1.29 is 19.1 Å². The van der Waals surface area contributed by atoms with Crippen LogP contribution in [0.2, 0.25) is 0 Å². The molecule has 1 aromatic carbocycles. The van der Waals surface area contributed by atoms with Crippen LogP contribution in [0.5, 0.6) is 11.5 Å². The summed E-state index contributed by atoms with van der Waals surface area (Å²) in [6.07, 6.45) is 6.40. The lowest BCUT2D eigenvalue weighted by Crippen LogP contribution is -2.35. The highest BCUT2D eigenvalue weighted by Gasteiger charge is 2.30. The molecule has 0 bridgehead atoms. The first-order chi connectivity index (χ1) is 13.2. The summed E-state index contributed by atoms with van der Waals surface area (Å²) in [7, 11) is 0. The van der Waals surface area contributed by atoms with Crippen LogP contribution in [0.1, 0.15) is 51.9 Å². The number of hydrogen-bond acceptors (Lipinski definition) is 4. The van der Waals surface area contributed by atoms with Crippen molar-refractivity contribution in [1.82, 2.24) is 5.32 Å². The molecule has 2 amide bonds. The zero-order chi connectivity index (χ0) is 19.1. The van der Waals surface area contributed by atoms with Gasteiger partial charge in [-0.05, 0) is 44.2 Å². The van der Waals surface area contributed by atoms with Gasteiger partial charge in [-0.25, -0.2) is 0 Å². The maximum atomic E-state index is 12.6. The van der Waals surface area contributed by atoms with Gasteiger partial charge in [-0.1, -0.05) is 19.8 Å². The molecule has 6 heteroatoms. The molecule has 0 atom stereocenters. The molecule has 0 aromatic heterocycles. The average Bonchev–Trinajstić information content (AvgIpc) is 2.71. The molecule has 6 nitrogen and oxygen atoms in total. The standard InChI is InChI=1S/C21H30N2O4/c1-2-3-4-11-22-20(24)15-5-7-16(8-6-15)21(25)23-17-9-10-18-19(14-17)27-13-12-26-18/h9-10,14-16H,2-8,11-13H2,1H3,(H,22,24)(H,23,25). The number of unbranched alkanes of at least 4 members (excludes halogenated alkanes) is 2. The van der Waals surface area contributed by atoms with Crippen molar-refractivity contribution in [2.24, 2.45) is 11.8 Å². The fourth-order valence-electron chi connectivity index (χ4n) is 3.71. The van der Waals surface area contributed by atoms with Crippen molar-refractivity contribution in [3.63, 3.8) is 0 Å². The number of carbonyl (C=O) groups excluding carboxylic acids is 2. The maximum Gasteiger partial charge on any atom is 0.227 e. The predicted octanol–water partition coefficient (Wildman–Crippen LogP) is 3.51. The highest BCUT2D eigenvalue weighted by atomic mass is 16.6. The lowest BCUT2D eigenvalue weighted by atomic mass is 9.81. The third kappa shape index (κ3) is 5.37. The lowest BCUT2D eigenvalue weighted by Gasteiger charge is -2.27. The van der Waals surface area contributed by atoms with E-state index in [-0.39, 0.29) is 23.7 Å². The van der Waals surface area contributed by atoms with E-state index < -0.39 is 0 Å². The maximum absolute atomic E-state index is 12.6. The van der Waals surface area contributed by atoms with E-state index in [1.54, 1.807) is 0 Å². The Balaban J connectivity index is 1.44. The number of hydrogen-bond donors (Lipinski definition) is 2. The van der Waals surface area contributed by atoms with Crippen LogP contribution >= 0.6 is 0 Å². The highest BCUT2D eigenvalue weighted by Crippen LogP contribution is 2.34. The van der Waals surface area contributed by atoms with Gasteiger partial charge in [-0.3, -0.25) is 9.59 Å². The van der Waals surface area contributed by atoms with Crippen LogP contribution in [0.15, 0.2) is 18.2 Å². The summed E-state index contributed by atoms with van der Waals surface area (Å²) in [4.78, 5) is 24.8. The van der Waals surface area contributed by atoms with Gasteiger partial charge in [0.1, 0.15) is 13.2 Å². The number of rotatable bonds is 7. The Morgan fingerprint density at radius 2 is 1.63 bits per heavy atom. The van der Waals surface area contributed by atoms with Crippen LogP contribution in [0.25, 0.3) is 0 Å². The van der Waals surface area contributed by atoms with E-state index in [0.29, 0.717) is 24.7 Å². The van der Waals surface area contributed by atoms with Crippen LogP contribution in [-0.2, 0) is 9.59 Å². The van der Waals surface area contributed by atoms with Gasteiger partial charge >= 0.3 is 0 Å². The molecular formula is C21H30N2O4. The molecule has 0 saturated heterocycles. The molecule has 148 valence electrons. The van der Waals surface area contributed by atoms with Gasteiger partial charge in [0.05, 0.1) is 0 Å². The normalized spacial score (nSPS) is 21.4. The fourth-order valence-corrected chi connectivity index (χ4v) is 3.71. The molecule has 3 rings (SSSR count). The molecule has 1 aliphatic heterocycles. The second-order valence-corrected chi connectivity index (χ2v) is 7.39. The monoisotopic (exact) mass is 374 g/mol. The van der Waals surface area contributed by atoms with Crippen LogP contribution in [0, 0.1) is 11.8 Å². The lowest BCUT2D eigenvalue weighted by molar-refractivity contribution is -0.128. The number of ether oxygens (including phenoxy) is 2. The second kappa shape index (κ2) is 9.62. The van der Waals surface area contributed by atoms with Gasteiger partial charge in [0.25, 0.3) is 0 Å². The van der Waals surface area contributed by atoms with E-state index in [0.717, 1.165) is 57.2 Å². The summed E-state index contributed by atoms with van der Waals surface area (Å²) in [6.45, 7) is 3.99. The molecular weight excluding hydrogens is 344 g/mol. The largest absolute Gasteiger partial charge is 0.486 e. The minimum absolute atomic E-state index is 0.0217. The molecule has 1 aliphatic carbocycles. The summed E-state index contributed by atoms with van der Waals surface area (Å²) in [5.41, 5.74) is 0.722. The quantitative estimate of drug-likeness (QED) is 0.716. The summed E-state index contributed by atoms with van der Waals surface area (Å²) in [5.74, 6) is 1.56. The number of amides is 2. The van der Waals surface area contributed by atoms with E-state index in [4.69, 9.17) is 9.47 Å². The zero-order valence-corrected chi connectivity index (χ0v) is 16.1. The van der Waals surface area contributed by atoms with Gasteiger partial charge in [0.15, 0.2) is 11.5 Å². The Kier molecular flexibility index (Phi) is 6.96. The molecule has 1 heterocycles. The first-order valence-corrected chi connectivity index (χ1v) is 10.2. The minimum Gasteiger partial charge on any atom is -0.486 e. The minimum atomic E-state index is -0.0395. The van der Waals surface area contributed by atoms with Gasteiger partial charge in [-0.2, -0.15) is 0 Å². The Labute approximate surface area is 161 Å². The van der Waals surface area contributed by atoms with E-state index in [9.17, 15) is 9.59 Å². The first kappa shape index (κ1) is 19.5. The summed E-state index contributed by atoms with van der Waals surface area (Å²) in [5, 5.41) is 6.01. The topological polar surface area (TPSA) is 76.7 Å². The van der Waals surface area contributed by atoms with Gasteiger partial charge in [-0.15, -0.1) is 0 Å². The Morgan fingerprint density at radius 3 is 2.33 bits per heavy atom. The van der Waals surface area contributed by atoms with Crippen LogP contribution in [0.3, 0.4) is 0 Å². The van der Waals surface area contributed by atoms with Crippen molar-refractivity contribution >= 4 is 17.5 Å². The van der Waals surface area contributed by atoms with Crippen LogP contribution in [-0.4, -0.2) is 31.6 Å². The Bertz CT molecular complexity index is 654. The smallest absolute Gasteiger partial charge is 0.227 e. The van der Waals surface area contributed by atoms with E-state index in [1.165, 1.54) is 0 Å². The molecule has 1 fully saturated rings. The Morgan fingerprint density at radius 1 is 0.963 bits per heavy atom. The molecule has 0 unspecified atom stereocenters. The SMILES string of the molecule is CCCCCNC(=O)C1CCC(C(=O)Nc2ccc3c(c2)OCCO3)CC1.